The molecule has 21 heavy (non-hydrogen) atoms. The summed E-state index contributed by atoms with van der Waals surface area (Å²) >= 11 is 5.97. The highest BCUT2D eigenvalue weighted by Gasteiger charge is 2.21. The molecule has 0 saturated heterocycles. The number of hydrogen-bond donors (Lipinski definition) is 0. The van der Waals surface area contributed by atoms with Gasteiger partial charge in [0.2, 0.25) is 0 Å². The minimum Gasteiger partial charge on any atom is -0.310 e. The third-order valence-electron chi connectivity index (χ3n) is 4.10. The average molecular weight is 311 g/mol. The summed E-state index contributed by atoms with van der Waals surface area (Å²) in [5.41, 5.74) is 3.22. The van der Waals surface area contributed by atoms with Crippen LogP contribution in [0.25, 0.3) is 11.2 Å². The van der Waals surface area contributed by atoms with Gasteiger partial charge >= 0.3 is 0 Å². The first-order chi connectivity index (χ1) is 10.1. The van der Waals surface area contributed by atoms with Gasteiger partial charge in [-0.2, -0.15) is 5.10 Å². The van der Waals surface area contributed by atoms with E-state index in [1.54, 1.807) is 0 Å². The summed E-state index contributed by atoms with van der Waals surface area (Å²) in [5, 5.41) is 4.61. The topological polar surface area (TPSA) is 35.6 Å². The van der Waals surface area contributed by atoms with E-state index in [4.69, 9.17) is 16.6 Å². The molecule has 0 radical (unpaired) electrons. The third kappa shape index (κ3) is 3.25. The fourth-order valence-electron chi connectivity index (χ4n) is 3.00. The zero-order valence-electron chi connectivity index (χ0n) is 13.7. The van der Waals surface area contributed by atoms with E-state index >= 15 is 0 Å². The third-order valence-corrected chi connectivity index (χ3v) is 4.29. The highest BCUT2D eigenvalue weighted by atomic mass is 35.5. The van der Waals surface area contributed by atoms with Crippen LogP contribution in [0.2, 0.25) is 0 Å². The normalized spacial score (nSPS) is 13.2. The molecule has 0 aliphatic heterocycles. The van der Waals surface area contributed by atoms with E-state index in [1.807, 2.05) is 6.92 Å². The van der Waals surface area contributed by atoms with Crippen LogP contribution in [0.15, 0.2) is 0 Å². The molecule has 1 atom stereocenters. The molecule has 118 valence electrons. The molecule has 1 unspecified atom stereocenters. The molecule has 0 aliphatic carbocycles. The Bertz CT molecular complexity index is 585. The molecular formula is C16H27ClN4. The van der Waals surface area contributed by atoms with Crippen molar-refractivity contribution in [1.29, 1.82) is 0 Å². The zero-order valence-corrected chi connectivity index (χ0v) is 14.4. The van der Waals surface area contributed by atoms with Crippen molar-refractivity contribution in [2.45, 2.75) is 72.4 Å². The van der Waals surface area contributed by atoms with Crippen molar-refractivity contribution in [3.8, 4) is 0 Å². The molecule has 2 aromatic rings. The van der Waals surface area contributed by atoms with Gasteiger partial charge in [-0.25, -0.2) is 9.67 Å². The number of rotatable bonds is 8. The summed E-state index contributed by atoms with van der Waals surface area (Å²) in [6.07, 6.45) is 5.81. The molecular weight excluding hydrogens is 284 g/mol. The van der Waals surface area contributed by atoms with E-state index in [1.165, 1.54) is 31.3 Å². The fourth-order valence-corrected chi connectivity index (χ4v) is 3.17. The monoisotopic (exact) mass is 310 g/mol. The van der Waals surface area contributed by atoms with Gasteiger partial charge in [0.15, 0.2) is 5.65 Å². The molecule has 0 saturated carbocycles. The number of fused-ring (bicyclic) bond motifs is 1. The number of unbranched alkanes of at least 4 members (excludes halogenated alkanes) is 2. The van der Waals surface area contributed by atoms with Gasteiger partial charge in [-0.3, -0.25) is 0 Å². The Labute approximate surface area is 132 Å². The van der Waals surface area contributed by atoms with Crippen LogP contribution in [-0.4, -0.2) is 25.2 Å². The van der Waals surface area contributed by atoms with E-state index in [0.717, 1.165) is 30.0 Å². The molecule has 2 heterocycles. The second kappa shape index (κ2) is 7.30. The molecule has 0 aliphatic rings. The highest BCUT2D eigenvalue weighted by Crippen LogP contribution is 2.27. The summed E-state index contributed by atoms with van der Waals surface area (Å²) in [4.78, 5) is 4.82. The van der Waals surface area contributed by atoms with E-state index < -0.39 is 0 Å². The first-order valence-electron chi connectivity index (χ1n) is 8.14. The number of nitrogens with zero attached hydrogens (tertiary/aromatic N) is 4. The zero-order chi connectivity index (χ0) is 15.4. The van der Waals surface area contributed by atoms with E-state index in [-0.39, 0.29) is 0 Å². The van der Waals surface area contributed by atoms with Crippen LogP contribution in [0.4, 0.5) is 0 Å². The molecule has 0 fully saturated rings. The molecule has 0 N–H and O–H groups in total. The van der Waals surface area contributed by atoms with Crippen molar-refractivity contribution >= 4 is 22.8 Å². The van der Waals surface area contributed by atoms with Crippen LogP contribution in [0.1, 0.15) is 64.0 Å². The lowest BCUT2D eigenvalue weighted by atomic mass is 10.1. The number of imidazole rings is 1. The van der Waals surface area contributed by atoms with Crippen molar-refractivity contribution in [2.75, 3.05) is 5.88 Å². The van der Waals surface area contributed by atoms with E-state index in [9.17, 15) is 0 Å². The van der Waals surface area contributed by atoms with Crippen LogP contribution in [0.5, 0.6) is 0 Å². The van der Waals surface area contributed by atoms with Gasteiger partial charge in [0.25, 0.3) is 0 Å². The molecule has 4 nitrogen and oxygen atoms in total. The summed E-state index contributed by atoms with van der Waals surface area (Å²) < 4.78 is 4.45. The summed E-state index contributed by atoms with van der Waals surface area (Å²) in [5.74, 6) is 1.71. The first-order valence-corrected chi connectivity index (χ1v) is 8.67. The van der Waals surface area contributed by atoms with E-state index in [2.05, 4.69) is 35.1 Å². The molecule has 0 amide bonds. The molecule has 0 bridgehead atoms. The van der Waals surface area contributed by atoms with Gasteiger partial charge in [-0.15, -0.1) is 11.6 Å². The lowest BCUT2D eigenvalue weighted by molar-refractivity contribution is 0.464. The maximum absolute atomic E-state index is 5.97. The van der Waals surface area contributed by atoms with Gasteiger partial charge in [-0.1, -0.05) is 26.2 Å². The van der Waals surface area contributed by atoms with Crippen LogP contribution < -0.4 is 0 Å². The molecule has 5 heteroatoms. The molecule has 2 rings (SSSR count). The van der Waals surface area contributed by atoms with Crippen molar-refractivity contribution in [3.63, 3.8) is 0 Å². The van der Waals surface area contributed by atoms with Crippen molar-refractivity contribution in [2.24, 2.45) is 0 Å². The predicted octanol–water partition coefficient (Wildman–Crippen LogP) is 4.48. The first kappa shape index (κ1) is 16.3. The minimum atomic E-state index is 0.446. The lowest BCUT2D eigenvalue weighted by Gasteiger charge is -2.18. The Hall–Kier alpha value is -1.03. The Morgan fingerprint density at radius 1 is 1.24 bits per heavy atom. The SMILES string of the molecule is CCCCCC(C)n1c(CCCl)nc2c(C)nn(CC)c21. The fraction of sp³-hybridized carbons (Fsp3) is 0.750. The Morgan fingerprint density at radius 3 is 2.62 bits per heavy atom. The van der Waals surface area contributed by atoms with Gasteiger partial charge in [0.1, 0.15) is 11.3 Å². The Balaban J connectivity index is 2.43. The number of aryl methyl sites for hydroxylation is 3. The van der Waals surface area contributed by atoms with Crippen LogP contribution in [0, 0.1) is 6.92 Å². The summed E-state index contributed by atoms with van der Waals surface area (Å²) in [7, 11) is 0. The van der Waals surface area contributed by atoms with Gasteiger partial charge < -0.3 is 4.57 Å². The second-order valence-corrected chi connectivity index (χ2v) is 6.13. The average Bonchev–Trinajstić information content (AvgIpc) is 2.97. The predicted molar refractivity (Wildman–Crippen MR) is 89.2 cm³/mol. The van der Waals surface area contributed by atoms with Crippen LogP contribution in [0.3, 0.4) is 0 Å². The maximum atomic E-state index is 5.97. The largest absolute Gasteiger partial charge is 0.310 e. The molecule has 2 aromatic heterocycles. The minimum absolute atomic E-state index is 0.446. The Kier molecular flexibility index (Phi) is 5.68. The Morgan fingerprint density at radius 2 is 2.00 bits per heavy atom. The smallest absolute Gasteiger partial charge is 0.159 e. The lowest BCUT2D eigenvalue weighted by Crippen LogP contribution is -2.13. The van der Waals surface area contributed by atoms with Gasteiger partial charge in [-0.05, 0) is 27.2 Å². The van der Waals surface area contributed by atoms with Crippen molar-refractivity contribution in [1.82, 2.24) is 19.3 Å². The van der Waals surface area contributed by atoms with Crippen molar-refractivity contribution < 1.29 is 0 Å². The highest BCUT2D eigenvalue weighted by molar-refractivity contribution is 6.17. The number of hydrogen-bond acceptors (Lipinski definition) is 2. The number of aromatic nitrogens is 4. The number of halogens is 1. The second-order valence-electron chi connectivity index (χ2n) is 5.76. The standard InChI is InChI=1S/C16H27ClN4/c1-5-7-8-9-12(3)21-14(10-11-17)18-15-13(4)19-20(6-2)16(15)21/h12H,5-11H2,1-4H3. The van der Waals surface area contributed by atoms with Gasteiger partial charge in [0.05, 0.1) is 5.69 Å². The van der Waals surface area contributed by atoms with E-state index in [0.29, 0.717) is 11.9 Å². The molecule has 0 spiro atoms. The quantitative estimate of drug-likeness (QED) is 0.532. The van der Waals surface area contributed by atoms with Crippen molar-refractivity contribution in [3.05, 3.63) is 11.5 Å². The summed E-state index contributed by atoms with van der Waals surface area (Å²) in [6.45, 7) is 9.58. The summed E-state index contributed by atoms with van der Waals surface area (Å²) in [6, 6.07) is 0.446. The molecule has 0 aromatic carbocycles. The van der Waals surface area contributed by atoms with Crippen LogP contribution in [-0.2, 0) is 13.0 Å². The number of alkyl halides is 1. The van der Waals surface area contributed by atoms with Gasteiger partial charge in [0, 0.05) is 24.9 Å². The van der Waals surface area contributed by atoms with Crippen LogP contribution >= 0.6 is 11.6 Å². The maximum Gasteiger partial charge on any atom is 0.159 e.